The molecule has 0 saturated heterocycles. The van der Waals surface area contributed by atoms with Gasteiger partial charge in [-0.3, -0.25) is 0 Å². The van der Waals surface area contributed by atoms with Gasteiger partial charge in [-0.25, -0.2) is 13.1 Å². The van der Waals surface area contributed by atoms with E-state index in [4.69, 9.17) is 22.6 Å². The minimum absolute atomic E-state index is 0.177. The molecule has 2 aromatic rings. The van der Waals surface area contributed by atoms with Gasteiger partial charge < -0.3 is 19.2 Å². The number of benzene rings is 2. The van der Waals surface area contributed by atoms with E-state index in [0.717, 1.165) is 41.7 Å². The third-order valence-electron chi connectivity index (χ3n) is 6.42. The fraction of sp³-hybridized carbons (Fsp3) is 0.500. The van der Waals surface area contributed by atoms with Gasteiger partial charge in [0.1, 0.15) is 23.7 Å². The number of hydrogen-bond acceptors (Lipinski definition) is 4. The Hall–Kier alpha value is -2.29. The van der Waals surface area contributed by atoms with Crippen molar-refractivity contribution >= 4 is 36.4 Å². The first kappa shape index (κ1) is 29.9. The van der Waals surface area contributed by atoms with E-state index in [1.165, 1.54) is 22.3 Å². The molecule has 4 rings (SSSR count). The van der Waals surface area contributed by atoms with Crippen molar-refractivity contribution in [1.82, 2.24) is 0 Å². The zero-order valence-corrected chi connectivity index (χ0v) is 24.4. The summed E-state index contributed by atoms with van der Waals surface area (Å²) in [5, 5.41) is 0. The molecule has 2 aromatic carbocycles. The molecular weight excluding hydrogens is 533 g/mol. The maximum absolute atomic E-state index is 7.09. The summed E-state index contributed by atoms with van der Waals surface area (Å²) in [6.45, 7) is 26.4. The van der Waals surface area contributed by atoms with E-state index in [0.29, 0.717) is 0 Å². The van der Waals surface area contributed by atoms with E-state index in [-0.39, 0.29) is 23.3 Å². The van der Waals surface area contributed by atoms with Gasteiger partial charge in [0.15, 0.2) is 0 Å². The second-order valence-electron chi connectivity index (χ2n) is 10.3. The van der Waals surface area contributed by atoms with Gasteiger partial charge in [0.05, 0.1) is 25.7 Å². The van der Waals surface area contributed by atoms with Crippen LogP contribution in [0, 0.1) is 40.8 Å². The SMILES string of the molecule is [B]=NS.[C-]#[N+]C1(C)CC(Oc2cc(C)c(Br)c(C)c2)C1.[C-]#[N+]C1(C)CC(Oc2cc(C)cc(C)c2)C1. The molecule has 36 heavy (non-hydrogen) atoms. The molecule has 0 heterocycles. The summed E-state index contributed by atoms with van der Waals surface area (Å²) < 4.78 is 15.6. The van der Waals surface area contributed by atoms with Gasteiger partial charge in [0.25, 0.3) is 0 Å². The first-order valence-corrected chi connectivity index (χ1v) is 13.0. The van der Waals surface area contributed by atoms with Gasteiger partial charge in [-0.15, -0.1) is 0 Å². The number of hydrogen-bond donors (Lipinski definition) is 1. The van der Waals surface area contributed by atoms with Crippen LogP contribution in [0.15, 0.2) is 39.1 Å². The van der Waals surface area contributed by atoms with Gasteiger partial charge in [-0.1, -0.05) is 22.0 Å². The molecule has 0 bridgehead atoms. The number of halogens is 1. The van der Waals surface area contributed by atoms with Crippen molar-refractivity contribution in [3.63, 3.8) is 0 Å². The van der Waals surface area contributed by atoms with E-state index in [1.807, 2.05) is 26.0 Å². The summed E-state index contributed by atoms with van der Waals surface area (Å²) in [6, 6.07) is 10.3. The monoisotopic (exact) mass is 566 g/mol. The van der Waals surface area contributed by atoms with Crippen LogP contribution in [0.4, 0.5) is 0 Å². The molecule has 1 radical (unpaired) electrons. The predicted octanol–water partition coefficient (Wildman–Crippen LogP) is 7.99. The normalized spacial score (nSPS) is 25.6. The average Bonchev–Trinajstić information content (AvgIpc) is 2.75. The summed E-state index contributed by atoms with van der Waals surface area (Å²) in [6.07, 6.45) is 3.80. The van der Waals surface area contributed by atoms with Crippen LogP contribution in [-0.4, -0.2) is 30.9 Å². The van der Waals surface area contributed by atoms with Crippen LogP contribution < -0.4 is 9.47 Å². The van der Waals surface area contributed by atoms with Crippen molar-refractivity contribution in [3.8, 4) is 11.5 Å². The van der Waals surface area contributed by atoms with Crippen LogP contribution in [0.25, 0.3) is 9.69 Å². The number of ether oxygens (including phenoxy) is 2. The molecule has 0 aliphatic heterocycles. The Morgan fingerprint density at radius 1 is 0.833 bits per heavy atom. The Kier molecular flexibility index (Phi) is 10.6. The van der Waals surface area contributed by atoms with Gasteiger partial charge in [-0.05, 0) is 74.2 Å². The second-order valence-corrected chi connectivity index (χ2v) is 11.3. The number of thiol groups is 1. The van der Waals surface area contributed by atoms with Crippen LogP contribution in [0.3, 0.4) is 0 Å². The van der Waals surface area contributed by atoms with Crippen LogP contribution in [-0.2, 0) is 0 Å². The summed E-state index contributed by atoms with van der Waals surface area (Å²) in [7, 11) is 4.34. The van der Waals surface area contributed by atoms with E-state index >= 15 is 0 Å². The van der Waals surface area contributed by atoms with Gasteiger partial charge >= 0.3 is 24.8 Å². The molecule has 5 nitrogen and oxygen atoms in total. The van der Waals surface area contributed by atoms with Crippen molar-refractivity contribution < 1.29 is 9.47 Å². The first-order chi connectivity index (χ1) is 16.9. The largest absolute Gasteiger partial charge is 0.490 e. The number of nitrogens with zero attached hydrogens (tertiary/aromatic N) is 3. The maximum Gasteiger partial charge on any atom is 0.237 e. The molecule has 189 valence electrons. The average molecular weight is 567 g/mol. The van der Waals surface area contributed by atoms with Crippen molar-refractivity contribution in [3.05, 3.63) is 79.9 Å². The molecule has 0 aromatic heterocycles. The third kappa shape index (κ3) is 8.39. The fourth-order valence-corrected chi connectivity index (χ4v) is 4.78. The van der Waals surface area contributed by atoms with Crippen LogP contribution >= 0.6 is 28.7 Å². The molecule has 2 saturated carbocycles. The quantitative estimate of drug-likeness (QED) is 0.231. The molecule has 0 unspecified atom stereocenters. The summed E-state index contributed by atoms with van der Waals surface area (Å²) in [5.41, 5.74) is 4.46. The van der Waals surface area contributed by atoms with E-state index in [9.17, 15) is 0 Å². The fourth-order valence-electron chi connectivity index (χ4n) is 4.55. The van der Waals surface area contributed by atoms with Crippen LogP contribution in [0.5, 0.6) is 11.5 Å². The van der Waals surface area contributed by atoms with Gasteiger partial charge in [0.2, 0.25) is 11.1 Å². The summed E-state index contributed by atoms with van der Waals surface area (Å²) >= 11 is 6.74. The van der Waals surface area contributed by atoms with E-state index in [1.54, 1.807) is 0 Å². The minimum Gasteiger partial charge on any atom is -0.490 e. The Labute approximate surface area is 231 Å². The Bertz CT molecular complexity index is 1120. The summed E-state index contributed by atoms with van der Waals surface area (Å²) in [4.78, 5) is 7.25. The molecule has 0 N–H and O–H groups in total. The predicted molar refractivity (Wildman–Crippen MR) is 154 cm³/mol. The van der Waals surface area contributed by atoms with Crippen molar-refractivity contribution in [2.24, 2.45) is 4.30 Å². The standard InChI is InChI=1S/C14H16BrNO.C14H17NO.BHNS/c1-9-5-11(6-10(2)13(9)15)17-12-7-14(3,8-12)16-4;1-10-5-11(2)7-12(6-10)16-13-8-14(3,9-13)15-4;1-2-3/h5-6,12H,7-8H2,1-3H3;5-7,13H,8-9H2,1-3H3;3H. The van der Waals surface area contributed by atoms with Gasteiger partial charge in [-0.2, -0.15) is 0 Å². The molecule has 0 amide bonds. The minimum atomic E-state index is -0.190. The molecule has 0 atom stereocenters. The van der Waals surface area contributed by atoms with Crippen molar-refractivity contribution in [1.29, 1.82) is 0 Å². The third-order valence-corrected chi connectivity index (χ3v) is 7.67. The number of aryl methyl sites for hydroxylation is 4. The Morgan fingerprint density at radius 3 is 1.50 bits per heavy atom. The zero-order chi connectivity index (χ0) is 27.1. The van der Waals surface area contributed by atoms with Crippen LogP contribution in [0.2, 0.25) is 0 Å². The van der Waals surface area contributed by atoms with Crippen molar-refractivity contribution in [2.75, 3.05) is 0 Å². The molecule has 8 heteroatoms. The smallest absolute Gasteiger partial charge is 0.237 e. The Balaban J connectivity index is 0.000000229. The second kappa shape index (κ2) is 12.8. The van der Waals surface area contributed by atoms with Crippen molar-refractivity contribution in [2.45, 2.75) is 90.5 Å². The van der Waals surface area contributed by atoms with E-state index < -0.39 is 0 Å². The number of rotatable bonds is 4. The van der Waals surface area contributed by atoms with Crippen LogP contribution in [0.1, 0.15) is 61.8 Å². The molecule has 0 spiro atoms. The maximum atomic E-state index is 7.09. The molecular formula is C28H34BBrN3O2S. The molecule has 2 aliphatic rings. The first-order valence-electron chi connectivity index (χ1n) is 11.9. The molecule has 2 aliphatic carbocycles. The summed E-state index contributed by atoms with van der Waals surface area (Å²) in [5.74, 6) is 1.86. The Morgan fingerprint density at radius 2 is 1.17 bits per heavy atom. The molecule has 2 fully saturated rings. The van der Waals surface area contributed by atoms with E-state index in [2.05, 4.69) is 96.3 Å². The topological polar surface area (TPSA) is 39.5 Å². The zero-order valence-electron chi connectivity index (χ0n) is 21.9. The van der Waals surface area contributed by atoms with Gasteiger partial charge in [0, 0.05) is 18.3 Å².